The number of rotatable bonds is 2. The Morgan fingerprint density at radius 1 is 1.40 bits per heavy atom. The van der Waals surface area contributed by atoms with Crippen molar-refractivity contribution < 1.29 is 0 Å². The fourth-order valence-corrected chi connectivity index (χ4v) is 0.822. The zero-order chi connectivity index (χ0) is 7.61. The van der Waals surface area contributed by atoms with Gasteiger partial charge in [0.1, 0.15) is 0 Å². The quantitative estimate of drug-likeness (QED) is 0.512. The van der Waals surface area contributed by atoms with E-state index in [1.54, 1.807) is 0 Å². The summed E-state index contributed by atoms with van der Waals surface area (Å²) in [6.07, 6.45) is 3.70. The second-order valence-corrected chi connectivity index (χ2v) is 3.21. The molecule has 0 aliphatic carbocycles. The van der Waals surface area contributed by atoms with Gasteiger partial charge in [-0.05, 0) is 13.8 Å². The molecule has 3 nitrogen and oxygen atoms in total. The minimum Gasteiger partial charge on any atom is -0.307 e. The molecule has 1 heterocycles. The lowest BCUT2D eigenvalue weighted by Gasteiger charge is -2.33. The van der Waals surface area contributed by atoms with Crippen LogP contribution in [0.15, 0.2) is 12.4 Å². The first kappa shape index (κ1) is 7.75. The third-order valence-electron chi connectivity index (χ3n) is 1.48. The van der Waals surface area contributed by atoms with Crippen molar-refractivity contribution in [1.82, 2.24) is 16.0 Å². The van der Waals surface area contributed by atoms with E-state index in [-0.39, 0.29) is 5.54 Å². The highest BCUT2D eigenvalue weighted by molar-refractivity contribution is 7.80. The Labute approximate surface area is 66.8 Å². The topological polar surface area (TPSA) is 27.3 Å². The van der Waals surface area contributed by atoms with Gasteiger partial charge in [0.05, 0.1) is 5.54 Å². The first-order valence-electron chi connectivity index (χ1n) is 3.25. The standard InChI is InChI=1S/C6H13N3S/c1-6(2,5-10)9-7-3-4-8-9/h3-4,7-8,10H,5H2,1-2H3. The van der Waals surface area contributed by atoms with E-state index in [0.717, 1.165) is 5.75 Å². The lowest BCUT2D eigenvalue weighted by molar-refractivity contribution is 0.0728. The first-order chi connectivity index (χ1) is 4.67. The Balaban J connectivity index is 2.48. The van der Waals surface area contributed by atoms with Gasteiger partial charge in [-0.1, -0.05) is 0 Å². The molecule has 1 aliphatic rings. The van der Waals surface area contributed by atoms with Gasteiger partial charge in [0.2, 0.25) is 0 Å². The maximum Gasteiger partial charge on any atom is 0.0640 e. The Bertz CT molecular complexity index is 136. The SMILES string of the molecule is CC(C)(CS)N1NC=CN1. The summed E-state index contributed by atoms with van der Waals surface area (Å²) in [6.45, 7) is 4.21. The largest absolute Gasteiger partial charge is 0.307 e. The Kier molecular flexibility index (Phi) is 2.11. The number of thiol groups is 1. The van der Waals surface area contributed by atoms with Crippen LogP contribution in [0.25, 0.3) is 0 Å². The van der Waals surface area contributed by atoms with Gasteiger partial charge in [0.25, 0.3) is 0 Å². The van der Waals surface area contributed by atoms with Crippen LogP contribution < -0.4 is 10.9 Å². The summed E-state index contributed by atoms with van der Waals surface area (Å²) < 4.78 is 0. The van der Waals surface area contributed by atoms with Crippen molar-refractivity contribution in [2.45, 2.75) is 19.4 Å². The third-order valence-corrected chi connectivity index (χ3v) is 2.26. The lowest BCUT2D eigenvalue weighted by Crippen LogP contribution is -2.54. The normalized spacial score (nSPS) is 18.7. The predicted octanol–water partition coefficient (Wildman–Crippen LogP) is 0.491. The summed E-state index contributed by atoms with van der Waals surface area (Å²) in [4.78, 5) is 0. The van der Waals surface area contributed by atoms with Gasteiger partial charge in [0, 0.05) is 18.2 Å². The summed E-state index contributed by atoms with van der Waals surface area (Å²) in [5.41, 5.74) is 6.12. The van der Waals surface area contributed by atoms with Gasteiger partial charge in [-0.25, -0.2) is 0 Å². The highest BCUT2D eigenvalue weighted by Crippen LogP contribution is 2.12. The molecule has 0 fully saturated rings. The van der Waals surface area contributed by atoms with Crippen LogP contribution in [-0.2, 0) is 0 Å². The van der Waals surface area contributed by atoms with E-state index in [1.807, 2.05) is 17.5 Å². The van der Waals surface area contributed by atoms with Gasteiger partial charge in [0.15, 0.2) is 0 Å². The molecule has 0 spiro atoms. The molecule has 58 valence electrons. The van der Waals surface area contributed by atoms with Crippen LogP contribution in [-0.4, -0.2) is 16.4 Å². The molecule has 0 aromatic heterocycles. The van der Waals surface area contributed by atoms with E-state index in [4.69, 9.17) is 0 Å². The Morgan fingerprint density at radius 2 is 1.90 bits per heavy atom. The number of hydrazine groups is 2. The molecule has 2 N–H and O–H groups in total. The molecule has 0 unspecified atom stereocenters. The van der Waals surface area contributed by atoms with Gasteiger partial charge < -0.3 is 10.9 Å². The van der Waals surface area contributed by atoms with Crippen LogP contribution in [0.4, 0.5) is 0 Å². The predicted molar refractivity (Wildman–Crippen MR) is 45.2 cm³/mol. The molecular weight excluding hydrogens is 146 g/mol. The molecule has 1 rings (SSSR count). The number of hydrogen-bond donors (Lipinski definition) is 3. The van der Waals surface area contributed by atoms with Crippen LogP contribution in [0.5, 0.6) is 0 Å². The average Bonchev–Trinajstić information content (AvgIpc) is 2.38. The fraction of sp³-hybridized carbons (Fsp3) is 0.667. The van der Waals surface area contributed by atoms with E-state index in [1.165, 1.54) is 0 Å². The monoisotopic (exact) mass is 159 g/mol. The first-order valence-corrected chi connectivity index (χ1v) is 3.88. The minimum atomic E-state index is 0.0343. The van der Waals surface area contributed by atoms with Crippen molar-refractivity contribution >= 4 is 12.6 Å². The van der Waals surface area contributed by atoms with E-state index in [2.05, 4.69) is 37.3 Å². The molecule has 0 radical (unpaired) electrons. The molecule has 0 bridgehead atoms. The summed E-state index contributed by atoms with van der Waals surface area (Å²) in [7, 11) is 0. The summed E-state index contributed by atoms with van der Waals surface area (Å²) in [6, 6.07) is 0. The highest BCUT2D eigenvalue weighted by atomic mass is 32.1. The van der Waals surface area contributed by atoms with Crippen molar-refractivity contribution in [1.29, 1.82) is 0 Å². The Hall–Kier alpha value is -0.350. The third kappa shape index (κ3) is 1.38. The molecule has 4 heteroatoms. The smallest absolute Gasteiger partial charge is 0.0640 e. The molecule has 0 aromatic carbocycles. The maximum atomic E-state index is 4.23. The van der Waals surface area contributed by atoms with Crippen LogP contribution in [0, 0.1) is 0 Å². The number of hydrogen-bond acceptors (Lipinski definition) is 4. The van der Waals surface area contributed by atoms with Crippen molar-refractivity contribution in [3.8, 4) is 0 Å². The van der Waals surface area contributed by atoms with Gasteiger partial charge in [-0.15, -0.1) is 5.12 Å². The summed E-state index contributed by atoms with van der Waals surface area (Å²) in [5, 5.41) is 1.92. The van der Waals surface area contributed by atoms with Crippen LogP contribution >= 0.6 is 12.6 Å². The second kappa shape index (κ2) is 2.72. The molecule has 0 atom stereocenters. The van der Waals surface area contributed by atoms with Crippen LogP contribution in [0.1, 0.15) is 13.8 Å². The molecule has 0 aromatic rings. The summed E-state index contributed by atoms with van der Waals surface area (Å²) >= 11 is 4.23. The molecular formula is C6H13N3S. The molecule has 0 saturated carbocycles. The highest BCUT2D eigenvalue weighted by Gasteiger charge is 2.25. The zero-order valence-electron chi connectivity index (χ0n) is 6.26. The van der Waals surface area contributed by atoms with Crippen LogP contribution in [0.2, 0.25) is 0 Å². The lowest BCUT2D eigenvalue weighted by atomic mass is 10.1. The number of nitrogens with one attached hydrogen (secondary N) is 2. The average molecular weight is 159 g/mol. The van der Waals surface area contributed by atoms with E-state index in [9.17, 15) is 0 Å². The molecule has 1 aliphatic heterocycles. The second-order valence-electron chi connectivity index (χ2n) is 2.90. The van der Waals surface area contributed by atoms with Gasteiger partial charge >= 0.3 is 0 Å². The number of nitrogens with zero attached hydrogens (tertiary/aromatic N) is 1. The molecule has 10 heavy (non-hydrogen) atoms. The van der Waals surface area contributed by atoms with Crippen molar-refractivity contribution in [3.05, 3.63) is 12.4 Å². The maximum absolute atomic E-state index is 4.23. The molecule has 0 amide bonds. The Morgan fingerprint density at radius 3 is 2.30 bits per heavy atom. The van der Waals surface area contributed by atoms with Gasteiger partial charge in [-0.3, -0.25) is 0 Å². The van der Waals surface area contributed by atoms with Crippen molar-refractivity contribution in [2.75, 3.05) is 5.75 Å². The zero-order valence-corrected chi connectivity index (χ0v) is 7.15. The van der Waals surface area contributed by atoms with Crippen molar-refractivity contribution in [3.63, 3.8) is 0 Å². The summed E-state index contributed by atoms with van der Waals surface area (Å²) in [5.74, 6) is 0.800. The fourth-order valence-electron chi connectivity index (χ4n) is 0.681. The van der Waals surface area contributed by atoms with E-state index in [0.29, 0.717) is 0 Å². The van der Waals surface area contributed by atoms with E-state index < -0.39 is 0 Å². The minimum absolute atomic E-state index is 0.0343. The van der Waals surface area contributed by atoms with E-state index >= 15 is 0 Å². The molecule has 0 saturated heterocycles. The van der Waals surface area contributed by atoms with Crippen LogP contribution in [0.3, 0.4) is 0 Å². The van der Waals surface area contributed by atoms with Crippen molar-refractivity contribution in [2.24, 2.45) is 0 Å². The van der Waals surface area contributed by atoms with Gasteiger partial charge in [-0.2, -0.15) is 12.6 Å².